The minimum absolute atomic E-state index is 0.272. The van der Waals surface area contributed by atoms with Gasteiger partial charge in [-0.25, -0.2) is 4.39 Å². The Kier molecular flexibility index (Phi) is 3.98. The number of hydrogen-bond donors (Lipinski definition) is 2. The van der Waals surface area contributed by atoms with Gasteiger partial charge in [0.2, 0.25) is 0 Å². The first-order valence-electron chi connectivity index (χ1n) is 5.46. The van der Waals surface area contributed by atoms with Crippen molar-refractivity contribution in [3.8, 4) is 0 Å². The van der Waals surface area contributed by atoms with E-state index in [1.54, 1.807) is 25.1 Å². The third-order valence-electron chi connectivity index (χ3n) is 2.51. The molecule has 6 heteroatoms. The van der Waals surface area contributed by atoms with E-state index in [4.69, 9.17) is 5.73 Å². The van der Waals surface area contributed by atoms with E-state index >= 15 is 0 Å². The summed E-state index contributed by atoms with van der Waals surface area (Å²) in [5.74, 6) is -0.984. The first-order chi connectivity index (χ1) is 8.97. The molecule has 0 unspecified atom stereocenters. The maximum atomic E-state index is 13.7. The molecule has 0 aliphatic rings. The minimum Gasteiger partial charge on any atom is -0.366 e. The smallest absolute Gasteiger partial charge is 0.250 e. The van der Waals surface area contributed by atoms with Crippen LogP contribution in [-0.2, 0) is 0 Å². The van der Waals surface area contributed by atoms with Crippen molar-refractivity contribution in [1.29, 1.82) is 0 Å². The third-order valence-corrected chi connectivity index (χ3v) is 3.18. The Morgan fingerprint density at radius 3 is 2.74 bits per heavy atom. The molecule has 0 spiro atoms. The quantitative estimate of drug-likeness (QED) is 0.816. The summed E-state index contributed by atoms with van der Waals surface area (Å²) in [5, 5.41) is 2.83. The zero-order valence-corrected chi connectivity index (χ0v) is 12.2. The first kappa shape index (κ1) is 13.7. The van der Waals surface area contributed by atoms with Crippen LogP contribution >= 0.6 is 22.6 Å². The highest BCUT2D eigenvalue weighted by molar-refractivity contribution is 14.1. The molecule has 0 atom stereocenters. The number of benzene rings is 1. The highest BCUT2D eigenvalue weighted by Gasteiger charge is 2.11. The lowest BCUT2D eigenvalue weighted by Gasteiger charge is -2.11. The molecular weight excluding hydrogens is 360 g/mol. The van der Waals surface area contributed by atoms with E-state index in [1.165, 1.54) is 12.3 Å². The molecule has 0 fully saturated rings. The van der Waals surface area contributed by atoms with Crippen LogP contribution in [0.3, 0.4) is 0 Å². The largest absolute Gasteiger partial charge is 0.366 e. The summed E-state index contributed by atoms with van der Waals surface area (Å²) in [6.45, 7) is 1.75. The molecule has 4 nitrogen and oxygen atoms in total. The Morgan fingerprint density at radius 2 is 2.11 bits per heavy atom. The molecule has 2 aromatic rings. The lowest BCUT2D eigenvalue weighted by atomic mass is 10.1. The number of rotatable bonds is 3. The SMILES string of the molecule is Cc1cc(C(N)=O)c(Nc2ccc(I)cc2F)cn1. The molecule has 98 valence electrons. The van der Waals surface area contributed by atoms with Crippen molar-refractivity contribution in [2.45, 2.75) is 6.92 Å². The predicted molar refractivity (Wildman–Crippen MR) is 79.9 cm³/mol. The number of anilines is 2. The van der Waals surface area contributed by atoms with Gasteiger partial charge in [-0.05, 0) is 53.8 Å². The number of halogens is 2. The second-order valence-corrected chi connectivity index (χ2v) is 5.23. The van der Waals surface area contributed by atoms with E-state index in [-0.39, 0.29) is 11.3 Å². The molecule has 0 saturated heterocycles. The standard InChI is InChI=1S/C13H11FIN3O/c1-7-4-9(13(16)19)12(6-17-7)18-11-3-2-8(15)5-10(11)14/h2-6,18H,1H3,(H2,16,19). The van der Waals surface area contributed by atoms with Crippen LogP contribution in [0.5, 0.6) is 0 Å². The highest BCUT2D eigenvalue weighted by Crippen LogP contribution is 2.24. The van der Waals surface area contributed by atoms with E-state index < -0.39 is 11.7 Å². The molecule has 1 aromatic heterocycles. The molecule has 1 amide bonds. The second kappa shape index (κ2) is 5.52. The molecule has 0 saturated carbocycles. The number of carbonyl (C=O) groups is 1. The molecule has 1 aromatic carbocycles. The Labute approximate surface area is 123 Å². The van der Waals surface area contributed by atoms with Gasteiger partial charge in [-0.1, -0.05) is 0 Å². The normalized spacial score (nSPS) is 10.3. The number of nitrogens with zero attached hydrogens (tertiary/aromatic N) is 1. The molecule has 3 N–H and O–H groups in total. The van der Waals surface area contributed by atoms with Gasteiger partial charge in [0.15, 0.2) is 0 Å². The van der Waals surface area contributed by atoms with E-state index in [9.17, 15) is 9.18 Å². The summed E-state index contributed by atoms with van der Waals surface area (Å²) in [7, 11) is 0. The van der Waals surface area contributed by atoms with Gasteiger partial charge in [0.1, 0.15) is 5.82 Å². The summed E-state index contributed by atoms with van der Waals surface area (Å²) in [5.41, 5.74) is 6.91. The van der Waals surface area contributed by atoms with Crippen molar-refractivity contribution in [2.24, 2.45) is 5.73 Å². The van der Waals surface area contributed by atoms with Crippen LogP contribution in [-0.4, -0.2) is 10.9 Å². The number of carbonyl (C=O) groups excluding carboxylic acids is 1. The van der Waals surface area contributed by atoms with Gasteiger partial charge in [-0.15, -0.1) is 0 Å². The number of hydrogen-bond acceptors (Lipinski definition) is 3. The van der Waals surface area contributed by atoms with Crippen LogP contribution in [0.25, 0.3) is 0 Å². The van der Waals surface area contributed by atoms with Crippen LogP contribution in [0.4, 0.5) is 15.8 Å². The number of nitrogens with one attached hydrogen (secondary N) is 1. The molecule has 0 aliphatic heterocycles. The number of primary amides is 1. The number of amides is 1. The van der Waals surface area contributed by atoms with E-state index in [0.29, 0.717) is 11.4 Å². The van der Waals surface area contributed by atoms with Crippen LogP contribution in [0.2, 0.25) is 0 Å². The predicted octanol–water partition coefficient (Wildman–Crippen LogP) is 2.98. The fourth-order valence-corrected chi connectivity index (χ4v) is 2.05. The maximum absolute atomic E-state index is 13.7. The summed E-state index contributed by atoms with van der Waals surface area (Å²) in [6, 6.07) is 6.32. The van der Waals surface area contributed by atoms with E-state index in [2.05, 4.69) is 10.3 Å². The number of pyridine rings is 1. The summed E-state index contributed by atoms with van der Waals surface area (Å²) in [4.78, 5) is 15.4. The van der Waals surface area contributed by atoms with Crippen LogP contribution in [0, 0.1) is 16.3 Å². The molecule has 0 aliphatic carbocycles. The van der Waals surface area contributed by atoms with Crippen LogP contribution < -0.4 is 11.1 Å². The van der Waals surface area contributed by atoms with Gasteiger partial charge < -0.3 is 11.1 Å². The van der Waals surface area contributed by atoms with Crippen molar-refractivity contribution in [2.75, 3.05) is 5.32 Å². The molecule has 1 heterocycles. The Balaban J connectivity index is 2.40. The lowest BCUT2D eigenvalue weighted by Crippen LogP contribution is -2.14. The lowest BCUT2D eigenvalue weighted by molar-refractivity contribution is 0.100. The molecule has 19 heavy (non-hydrogen) atoms. The van der Waals surface area contributed by atoms with Gasteiger partial charge in [0, 0.05) is 9.26 Å². The van der Waals surface area contributed by atoms with Gasteiger partial charge in [-0.3, -0.25) is 9.78 Å². The van der Waals surface area contributed by atoms with Gasteiger partial charge in [0.05, 0.1) is 23.1 Å². The van der Waals surface area contributed by atoms with Crippen molar-refractivity contribution < 1.29 is 9.18 Å². The Hall–Kier alpha value is -1.70. The molecule has 2 rings (SSSR count). The number of nitrogens with two attached hydrogens (primary N) is 1. The molecular formula is C13H11FIN3O. The average molecular weight is 371 g/mol. The molecule has 0 bridgehead atoms. The average Bonchev–Trinajstić information content (AvgIpc) is 2.34. The van der Waals surface area contributed by atoms with Gasteiger partial charge in [0.25, 0.3) is 5.91 Å². The zero-order chi connectivity index (χ0) is 14.0. The molecule has 0 radical (unpaired) electrons. The fraction of sp³-hybridized carbons (Fsp3) is 0.0769. The first-order valence-corrected chi connectivity index (χ1v) is 6.54. The maximum Gasteiger partial charge on any atom is 0.250 e. The van der Waals surface area contributed by atoms with Crippen molar-refractivity contribution in [1.82, 2.24) is 4.98 Å². The fourth-order valence-electron chi connectivity index (χ4n) is 1.60. The van der Waals surface area contributed by atoms with Crippen LogP contribution in [0.15, 0.2) is 30.5 Å². The van der Waals surface area contributed by atoms with E-state index in [0.717, 1.165) is 3.57 Å². The van der Waals surface area contributed by atoms with Crippen LogP contribution in [0.1, 0.15) is 16.1 Å². The van der Waals surface area contributed by atoms with Gasteiger partial charge >= 0.3 is 0 Å². The van der Waals surface area contributed by atoms with E-state index in [1.807, 2.05) is 22.6 Å². The Morgan fingerprint density at radius 1 is 1.37 bits per heavy atom. The van der Waals surface area contributed by atoms with Crippen molar-refractivity contribution in [3.63, 3.8) is 0 Å². The topological polar surface area (TPSA) is 68.0 Å². The monoisotopic (exact) mass is 371 g/mol. The van der Waals surface area contributed by atoms with Gasteiger partial charge in [-0.2, -0.15) is 0 Å². The number of aryl methyl sites for hydroxylation is 1. The number of aromatic nitrogens is 1. The summed E-state index contributed by atoms with van der Waals surface area (Å²) >= 11 is 2.02. The second-order valence-electron chi connectivity index (χ2n) is 3.98. The van der Waals surface area contributed by atoms with Crippen molar-refractivity contribution >= 4 is 39.9 Å². The summed E-state index contributed by atoms with van der Waals surface area (Å²) < 4.78 is 14.5. The van der Waals surface area contributed by atoms with Crippen molar-refractivity contribution in [3.05, 3.63) is 51.1 Å². The minimum atomic E-state index is -0.584. The third kappa shape index (κ3) is 3.19. The Bertz CT molecular complexity index is 646. The zero-order valence-electron chi connectivity index (χ0n) is 10.1. The highest BCUT2D eigenvalue weighted by atomic mass is 127. The summed E-state index contributed by atoms with van der Waals surface area (Å²) in [6.07, 6.45) is 1.47.